The molecule has 134 valence electrons. The molecule has 3 aromatic rings. The molecule has 0 saturated carbocycles. The van der Waals surface area contributed by atoms with Crippen molar-refractivity contribution in [3.8, 4) is 11.4 Å². The number of benzene rings is 1. The number of carbonyl (C=O) groups excluding carboxylic acids is 1. The van der Waals surface area contributed by atoms with Gasteiger partial charge in [0.2, 0.25) is 11.7 Å². The number of aromatic nitrogens is 3. The van der Waals surface area contributed by atoms with Gasteiger partial charge in [-0.3, -0.25) is 15.2 Å². The van der Waals surface area contributed by atoms with Crippen molar-refractivity contribution in [1.29, 1.82) is 0 Å². The van der Waals surface area contributed by atoms with Crippen LogP contribution in [0.2, 0.25) is 10.0 Å². The first-order valence-corrected chi connectivity index (χ1v) is 8.39. The van der Waals surface area contributed by atoms with E-state index in [1.54, 1.807) is 56.6 Å². The number of nitrogens with zero attached hydrogens (tertiary/aromatic N) is 3. The molecule has 0 aliphatic heterocycles. The van der Waals surface area contributed by atoms with Gasteiger partial charge in [-0.2, -0.15) is 4.98 Å². The molecule has 0 fully saturated rings. The highest BCUT2D eigenvalue weighted by molar-refractivity contribution is 6.42. The molecule has 9 heteroatoms. The van der Waals surface area contributed by atoms with E-state index in [1.807, 2.05) is 0 Å². The van der Waals surface area contributed by atoms with Crippen LogP contribution in [-0.2, 0) is 10.2 Å². The second-order valence-corrected chi connectivity index (χ2v) is 6.81. The van der Waals surface area contributed by atoms with Gasteiger partial charge < -0.3 is 4.52 Å². The zero-order valence-electron chi connectivity index (χ0n) is 14.0. The third kappa shape index (κ3) is 3.79. The molecule has 1 aromatic carbocycles. The van der Waals surface area contributed by atoms with Crippen LogP contribution in [-0.4, -0.2) is 21.0 Å². The fourth-order valence-corrected chi connectivity index (χ4v) is 2.47. The molecular formula is C17H15Cl2N5O2. The number of carbonyl (C=O) groups is 1. The summed E-state index contributed by atoms with van der Waals surface area (Å²) in [7, 11) is 0. The number of amides is 1. The van der Waals surface area contributed by atoms with Crippen molar-refractivity contribution in [2.45, 2.75) is 19.3 Å². The highest BCUT2D eigenvalue weighted by Crippen LogP contribution is 2.30. The number of nitrogens with one attached hydrogen (secondary N) is 2. The topological polar surface area (TPSA) is 92.9 Å². The smallest absolute Gasteiger partial charge is 0.313 e. The molecule has 0 radical (unpaired) electrons. The van der Waals surface area contributed by atoms with E-state index in [0.29, 0.717) is 21.4 Å². The summed E-state index contributed by atoms with van der Waals surface area (Å²) in [5.74, 6) is 0.0763. The largest absolute Gasteiger partial charge is 0.340 e. The first-order chi connectivity index (χ1) is 12.4. The van der Waals surface area contributed by atoms with E-state index in [0.717, 1.165) is 5.56 Å². The monoisotopic (exact) mass is 391 g/mol. The number of halogens is 2. The summed E-state index contributed by atoms with van der Waals surface area (Å²) in [6.07, 6.45) is 3.25. The van der Waals surface area contributed by atoms with E-state index in [-0.39, 0.29) is 11.9 Å². The molecule has 2 heterocycles. The van der Waals surface area contributed by atoms with Crippen LogP contribution in [0.4, 0.5) is 6.01 Å². The van der Waals surface area contributed by atoms with Crippen LogP contribution in [0.25, 0.3) is 11.4 Å². The zero-order valence-corrected chi connectivity index (χ0v) is 15.5. The van der Waals surface area contributed by atoms with E-state index in [1.165, 1.54) is 0 Å². The Morgan fingerprint density at radius 1 is 1.12 bits per heavy atom. The zero-order chi connectivity index (χ0) is 18.7. The predicted molar refractivity (Wildman–Crippen MR) is 98.8 cm³/mol. The minimum atomic E-state index is -0.866. The molecule has 0 aliphatic rings. The standard InChI is InChI=1S/C17H15Cl2N5O2/c1-17(2,11-3-4-12(18)13(19)9-11)15(25)22-23-16-21-14(24-26-16)10-5-7-20-8-6-10/h3-9H,1-2H3,(H,22,25)(H,21,23,24). The van der Waals surface area contributed by atoms with Gasteiger partial charge in [0.1, 0.15) is 0 Å². The molecular weight excluding hydrogens is 377 g/mol. The molecule has 7 nitrogen and oxygen atoms in total. The molecule has 0 spiro atoms. The van der Waals surface area contributed by atoms with Crippen LogP contribution >= 0.6 is 23.2 Å². The molecule has 0 atom stereocenters. The number of pyridine rings is 1. The molecule has 0 unspecified atom stereocenters. The van der Waals surface area contributed by atoms with E-state index in [2.05, 4.69) is 26.0 Å². The highest BCUT2D eigenvalue weighted by atomic mass is 35.5. The van der Waals surface area contributed by atoms with Crippen LogP contribution < -0.4 is 10.9 Å². The Balaban J connectivity index is 1.68. The van der Waals surface area contributed by atoms with Crippen molar-refractivity contribution in [2.75, 3.05) is 5.43 Å². The first kappa shape index (κ1) is 18.2. The third-order valence-corrected chi connectivity index (χ3v) is 4.60. The summed E-state index contributed by atoms with van der Waals surface area (Å²) >= 11 is 12.0. The van der Waals surface area contributed by atoms with Gasteiger partial charge >= 0.3 is 6.01 Å². The lowest BCUT2D eigenvalue weighted by Gasteiger charge is -2.24. The quantitative estimate of drug-likeness (QED) is 0.641. The Kier molecular flexibility index (Phi) is 5.11. The highest BCUT2D eigenvalue weighted by Gasteiger charge is 2.30. The lowest BCUT2D eigenvalue weighted by atomic mass is 9.84. The maximum absolute atomic E-state index is 12.6. The molecule has 0 saturated heterocycles. The first-order valence-electron chi connectivity index (χ1n) is 7.64. The second-order valence-electron chi connectivity index (χ2n) is 5.99. The predicted octanol–water partition coefficient (Wildman–Crippen LogP) is 3.86. The average Bonchev–Trinajstić information content (AvgIpc) is 3.11. The van der Waals surface area contributed by atoms with E-state index < -0.39 is 5.41 Å². The Morgan fingerprint density at radius 3 is 2.54 bits per heavy atom. The van der Waals surface area contributed by atoms with Crippen molar-refractivity contribution in [1.82, 2.24) is 20.6 Å². The van der Waals surface area contributed by atoms with Gasteiger partial charge in [-0.05, 0) is 43.7 Å². The minimum absolute atomic E-state index is 0.0649. The van der Waals surface area contributed by atoms with Gasteiger partial charge in [0, 0.05) is 18.0 Å². The summed E-state index contributed by atoms with van der Waals surface area (Å²) in [6.45, 7) is 3.53. The molecule has 0 aliphatic carbocycles. The van der Waals surface area contributed by atoms with E-state index >= 15 is 0 Å². The number of hydrogen-bond donors (Lipinski definition) is 2. The fraction of sp³-hybridized carbons (Fsp3) is 0.176. The summed E-state index contributed by atoms with van der Waals surface area (Å²) in [5.41, 5.74) is 5.79. The minimum Gasteiger partial charge on any atom is -0.313 e. The van der Waals surface area contributed by atoms with Gasteiger partial charge in [-0.1, -0.05) is 34.4 Å². The lowest BCUT2D eigenvalue weighted by molar-refractivity contribution is -0.125. The maximum atomic E-state index is 12.6. The van der Waals surface area contributed by atoms with Crippen LogP contribution in [0.3, 0.4) is 0 Å². The lowest BCUT2D eigenvalue weighted by Crippen LogP contribution is -2.42. The van der Waals surface area contributed by atoms with Crippen molar-refractivity contribution in [3.05, 3.63) is 58.3 Å². The summed E-state index contributed by atoms with van der Waals surface area (Å²) < 4.78 is 5.08. The Labute approximate surface area is 159 Å². The average molecular weight is 392 g/mol. The Hall–Kier alpha value is -2.64. The normalized spacial score (nSPS) is 11.2. The van der Waals surface area contributed by atoms with Crippen LogP contribution in [0, 0.1) is 0 Å². The van der Waals surface area contributed by atoms with Gasteiger partial charge in [0.15, 0.2) is 0 Å². The van der Waals surface area contributed by atoms with Crippen LogP contribution in [0.15, 0.2) is 47.2 Å². The summed E-state index contributed by atoms with van der Waals surface area (Å²) in [4.78, 5) is 20.7. The summed E-state index contributed by atoms with van der Waals surface area (Å²) in [5, 5.41) is 4.66. The van der Waals surface area contributed by atoms with Gasteiger partial charge in [0.25, 0.3) is 0 Å². The number of rotatable bonds is 5. The second kappa shape index (κ2) is 7.31. The number of hydrogen-bond acceptors (Lipinski definition) is 6. The molecule has 0 bridgehead atoms. The van der Waals surface area contributed by atoms with Gasteiger partial charge in [-0.25, -0.2) is 5.43 Å². The van der Waals surface area contributed by atoms with Crippen molar-refractivity contribution >= 4 is 35.1 Å². The molecule has 3 rings (SSSR count). The number of anilines is 1. The number of hydrazine groups is 1. The van der Waals surface area contributed by atoms with Crippen molar-refractivity contribution in [3.63, 3.8) is 0 Å². The van der Waals surface area contributed by atoms with Crippen molar-refractivity contribution in [2.24, 2.45) is 0 Å². The SMILES string of the molecule is CC(C)(C(=O)NNc1nc(-c2ccncc2)no1)c1ccc(Cl)c(Cl)c1. The Morgan fingerprint density at radius 2 is 1.85 bits per heavy atom. The molecule has 2 N–H and O–H groups in total. The van der Waals surface area contributed by atoms with Gasteiger partial charge in [0.05, 0.1) is 15.5 Å². The van der Waals surface area contributed by atoms with Crippen molar-refractivity contribution < 1.29 is 9.32 Å². The Bertz CT molecular complexity index is 928. The molecule has 1 amide bonds. The fourth-order valence-electron chi connectivity index (χ4n) is 2.17. The van der Waals surface area contributed by atoms with E-state index in [9.17, 15) is 4.79 Å². The maximum Gasteiger partial charge on any atom is 0.340 e. The molecule has 2 aromatic heterocycles. The van der Waals surface area contributed by atoms with Gasteiger partial charge in [-0.15, -0.1) is 0 Å². The van der Waals surface area contributed by atoms with Crippen LogP contribution in [0.1, 0.15) is 19.4 Å². The third-order valence-electron chi connectivity index (χ3n) is 3.86. The van der Waals surface area contributed by atoms with E-state index in [4.69, 9.17) is 27.7 Å². The summed E-state index contributed by atoms with van der Waals surface area (Å²) in [6, 6.07) is 8.64. The molecule has 26 heavy (non-hydrogen) atoms. The van der Waals surface area contributed by atoms with Crippen LogP contribution in [0.5, 0.6) is 0 Å².